The number of carbonyl (C=O) groups is 1. The van der Waals surface area contributed by atoms with Crippen LogP contribution in [0.25, 0.3) is 0 Å². The number of carbonyl (C=O) groups excluding carboxylic acids is 1. The van der Waals surface area contributed by atoms with E-state index >= 15 is 0 Å². The van der Waals surface area contributed by atoms with Crippen LogP contribution in [-0.2, 0) is 9.53 Å². The SMILES string of the molecule is CC(C)c1ccc(OCC(=O)NCC2(N3CCOCC3)CCCCC2)cc1. The third-order valence-corrected chi connectivity index (χ3v) is 6.00. The fraction of sp³-hybridized carbons (Fsp3) is 0.682. The number of rotatable bonds is 7. The van der Waals surface area contributed by atoms with Crippen LogP contribution >= 0.6 is 0 Å². The molecule has 1 aromatic carbocycles. The molecule has 0 spiro atoms. The van der Waals surface area contributed by atoms with Crippen molar-refractivity contribution in [3.8, 4) is 5.75 Å². The number of hydrogen-bond donors (Lipinski definition) is 1. The minimum Gasteiger partial charge on any atom is -0.484 e. The largest absolute Gasteiger partial charge is 0.484 e. The van der Waals surface area contributed by atoms with E-state index in [4.69, 9.17) is 9.47 Å². The number of benzene rings is 1. The summed E-state index contributed by atoms with van der Waals surface area (Å²) in [4.78, 5) is 14.9. The topological polar surface area (TPSA) is 50.8 Å². The van der Waals surface area contributed by atoms with Gasteiger partial charge in [-0.1, -0.05) is 45.2 Å². The zero-order valence-electron chi connectivity index (χ0n) is 16.8. The highest BCUT2D eigenvalue weighted by atomic mass is 16.5. The van der Waals surface area contributed by atoms with E-state index < -0.39 is 0 Å². The molecule has 5 nitrogen and oxygen atoms in total. The molecule has 5 heteroatoms. The quantitative estimate of drug-likeness (QED) is 0.795. The number of hydrogen-bond acceptors (Lipinski definition) is 4. The van der Waals surface area contributed by atoms with Crippen LogP contribution in [0.3, 0.4) is 0 Å². The predicted octanol–water partition coefficient (Wildman–Crippen LogP) is 3.34. The van der Waals surface area contributed by atoms with E-state index in [2.05, 4.69) is 36.2 Å². The number of ether oxygens (including phenoxy) is 2. The molecule has 2 aliphatic rings. The van der Waals surface area contributed by atoms with Crippen molar-refractivity contribution in [1.29, 1.82) is 0 Å². The van der Waals surface area contributed by atoms with Crippen LogP contribution in [0.2, 0.25) is 0 Å². The van der Waals surface area contributed by atoms with E-state index in [1.54, 1.807) is 0 Å². The molecule has 1 amide bonds. The predicted molar refractivity (Wildman–Crippen MR) is 107 cm³/mol. The van der Waals surface area contributed by atoms with Gasteiger partial charge in [-0.25, -0.2) is 0 Å². The van der Waals surface area contributed by atoms with Gasteiger partial charge in [0.2, 0.25) is 0 Å². The lowest BCUT2D eigenvalue weighted by molar-refractivity contribution is -0.124. The molecular weight excluding hydrogens is 340 g/mol. The van der Waals surface area contributed by atoms with E-state index in [9.17, 15) is 4.79 Å². The monoisotopic (exact) mass is 374 g/mol. The molecule has 1 N–H and O–H groups in total. The van der Waals surface area contributed by atoms with Gasteiger partial charge in [-0.2, -0.15) is 0 Å². The van der Waals surface area contributed by atoms with Gasteiger partial charge in [0.05, 0.1) is 13.2 Å². The minimum atomic E-state index is -0.0406. The molecule has 150 valence electrons. The summed E-state index contributed by atoms with van der Waals surface area (Å²) < 4.78 is 11.2. The van der Waals surface area contributed by atoms with Gasteiger partial charge >= 0.3 is 0 Å². The minimum absolute atomic E-state index is 0.0406. The van der Waals surface area contributed by atoms with Crippen LogP contribution in [0.1, 0.15) is 57.4 Å². The molecule has 0 unspecified atom stereocenters. The first kappa shape index (κ1) is 20.2. The molecule has 0 aromatic heterocycles. The maximum Gasteiger partial charge on any atom is 0.258 e. The van der Waals surface area contributed by atoms with Crippen LogP contribution in [-0.4, -0.2) is 55.8 Å². The van der Waals surface area contributed by atoms with Crippen molar-refractivity contribution >= 4 is 5.91 Å². The molecule has 3 rings (SSSR count). The number of morpholine rings is 1. The lowest BCUT2D eigenvalue weighted by atomic mass is 9.79. The van der Waals surface area contributed by atoms with Gasteiger partial charge in [0, 0.05) is 25.2 Å². The summed E-state index contributed by atoms with van der Waals surface area (Å²) >= 11 is 0. The van der Waals surface area contributed by atoms with E-state index in [1.165, 1.54) is 24.8 Å². The Hall–Kier alpha value is -1.59. The van der Waals surface area contributed by atoms with Gasteiger partial charge < -0.3 is 14.8 Å². The van der Waals surface area contributed by atoms with Crippen molar-refractivity contribution in [2.45, 2.75) is 57.4 Å². The smallest absolute Gasteiger partial charge is 0.258 e. The lowest BCUT2D eigenvalue weighted by Crippen LogP contribution is -2.60. The van der Waals surface area contributed by atoms with Gasteiger partial charge in [0.25, 0.3) is 5.91 Å². The fourth-order valence-corrected chi connectivity index (χ4v) is 4.26. The second kappa shape index (κ2) is 9.56. The molecular formula is C22H34N2O3. The molecule has 2 fully saturated rings. The molecule has 0 bridgehead atoms. The Morgan fingerprint density at radius 3 is 2.44 bits per heavy atom. The highest BCUT2D eigenvalue weighted by Crippen LogP contribution is 2.33. The molecule has 0 radical (unpaired) electrons. The Bertz CT molecular complexity index is 588. The molecule has 1 saturated carbocycles. The molecule has 0 atom stereocenters. The van der Waals surface area contributed by atoms with Crippen molar-refractivity contribution in [2.24, 2.45) is 0 Å². The lowest BCUT2D eigenvalue weighted by Gasteiger charge is -2.48. The number of nitrogens with one attached hydrogen (secondary N) is 1. The van der Waals surface area contributed by atoms with Gasteiger partial charge in [-0.3, -0.25) is 9.69 Å². The Balaban J connectivity index is 1.50. The highest BCUT2D eigenvalue weighted by Gasteiger charge is 2.38. The third-order valence-electron chi connectivity index (χ3n) is 6.00. The van der Waals surface area contributed by atoms with E-state index in [-0.39, 0.29) is 18.1 Å². The maximum atomic E-state index is 12.4. The zero-order valence-corrected chi connectivity index (χ0v) is 16.8. The Morgan fingerprint density at radius 2 is 1.81 bits per heavy atom. The summed E-state index contributed by atoms with van der Waals surface area (Å²) in [5.41, 5.74) is 1.37. The normalized spacial score (nSPS) is 20.4. The van der Waals surface area contributed by atoms with E-state index in [0.29, 0.717) is 12.5 Å². The van der Waals surface area contributed by atoms with Crippen molar-refractivity contribution < 1.29 is 14.3 Å². The summed E-state index contributed by atoms with van der Waals surface area (Å²) in [5.74, 6) is 1.20. The first-order valence-corrected chi connectivity index (χ1v) is 10.4. The summed E-state index contributed by atoms with van der Waals surface area (Å²) in [5, 5.41) is 3.14. The summed E-state index contributed by atoms with van der Waals surface area (Å²) in [6.07, 6.45) is 6.10. The van der Waals surface area contributed by atoms with Crippen LogP contribution in [0.5, 0.6) is 5.75 Å². The number of nitrogens with zero attached hydrogens (tertiary/aromatic N) is 1. The molecule has 1 saturated heterocycles. The Morgan fingerprint density at radius 1 is 1.15 bits per heavy atom. The number of amides is 1. The average Bonchev–Trinajstić information content (AvgIpc) is 2.72. The van der Waals surface area contributed by atoms with Gasteiger partial charge in [0.15, 0.2) is 6.61 Å². The summed E-state index contributed by atoms with van der Waals surface area (Å²) in [7, 11) is 0. The molecule has 27 heavy (non-hydrogen) atoms. The van der Waals surface area contributed by atoms with Crippen molar-refractivity contribution in [2.75, 3.05) is 39.5 Å². The van der Waals surface area contributed by atoms with Crippen LogP contribution in [0, 0.1) is 0 Å². The maximum absolute atomic E-state index is 12.4. The first-order valence-electron chi connectivity index (χ1n) is 10.4. The standard InChI is InChI=1S/C22H34N2O3/c1-18(2)19-6-8-20(9-7-19)27-16-21(25)23-17-22(10-4-3-5-11-22)24-12-14-26-15-13-24/h6-9,18H,3-5,10-17H2,1-2H3,(H,23,25). The van der Waals surface area contributed by atoms with Crippen LogP contribution in [0.4, 0.5) is 0 Å². The van der Waals surface area contributed by atoms with Crippen molar-refractivity contribution in [1.82, 2.24) is 10.2 Å². The van der Waals surface area contributed by atoms with E-state index in [0.717, 1.165) is 44.9 Å². The van der Waals surface area contributed by atoms with Crippen molar-refractivity contribution in [3.05, 3.63) is 29.8 Å². The molecule has 1 aliphatic carbocycles. The van der Waals surface area contributed by atoms with Crippen LogP contribution < -0.4 is 10.1 Å². The Kier molecular flexibility index (Phi) is 7.13. The average molecular weight is 375 g/mol. The van der Waals surface area contributed by atoms with Gasteiger partial charge in [-0.15, -0.1) is 0 Å². The fourth-order valence-electron chi connectivity index (χ4n) is 4.26. The molecule has 1 heterocycles. The molecule has 1 aliphatic heterocycles. The Labute approximate surface area is 163 Å². The second-order valence-electron chi connectivity index (χ2n) is 8.17. The second-order valence-corrected chi connectivity index (χ2v) is 8.17. The molecule has 1 aromatic rings. The van der Waals surface area contributed by atoms with Gasteiger partial charge in [-0.05, 0) is 36.5 Å². The van der Waals surface area contributed by atoms with E-state index in [1.807, 2.05) is 12.1 Å². The van der Waals surface area contributed by atoms with Crippen LogP contribution in [0.15, 0.2) is 24.3 Å². The highest BCUT2D eigenvalue weighted by molar-refractivity contribution is 5.77. The van der Waals surface area contributed by atoms with Gasteiger partial charge in [0.1, 0.15) is 5.75 Å². The first-order chi connectivity index (χ1) is 13.1. The summed E-state index contributed by atoms with van der Waals surface area (Å²) in [6, 6.07) is 8.01. The van der Waals surface area contributed by atoms with Crippen molar-refractivity contribution in [3.63, 3.8) is 0 Å². The zero-order chi connectivity index (χ0) is 19.1. The summed E-state index contributed by atoms with van der Waals surface area (Å²) in [6.45, 7) is 8.64. The third kappa shape index (κ3) is 5.45.